The maximum atomic E-state index is 10.5. The molecule has 0 aromatic rings. The predicted octanol–water partition coefficient (Wildman–Crippen LogP) is -0.549. The van der Waals surface area contributed by atoms with Gasteiger partial charge in [0.15, 0.2) is 17.7 Å². The van der Waals surface area contributed by atoms with Crippen LogP contribution in [0.1, 0.15) is 38.5 Å². The zero-order valence-electron chi connectivity index (χ0n) is 16.4. The number of aliphatic hydroxyl groups excluding tert-OH is 3. The summed E-state index contributed by atoms with van der Waals surface area (Å²) in [6.07, 6.45) is 4.80. The Balaban J connectivity index is 1.32. The fourth-order valence-electron chi connectivity index (χ4n) is 7.39. The van der Waals surface area contributed by atoms with E-state index in [1.165, 1.54) is 25.6 Å². The fourth-order valence-corrected chi connectivity index (χ4v) is 7.39. The third kappa shape index (κ3) is 2.36. The largest absolute Gasteiger partial charge is 0.394 e. The molecule has 0 aromatic carbocycles. The van der Waals surface area contributed by atoms with Crippen LogP contribution >= 0.6 is 0 Å². The molecule has 9 heteroatoms. The van der Waals surface area contributed by atoms with E-state index in [9.17, 15) is 15.3 Å². The Kier molecular flexibility index (Phi) is 3.85. The van der Waals surface area contributed by atoms with Crippen molar-refractivity contribution < 1.29 is 20.1 Å². The Hall–Kier alpha value is -1.39. The highest BCUT2D eigenvalue weighted by atomic mass is 16.6. The number of ether oxygens (including phenoxy) is 1. The lowest BCUT2D eigenvalue weighted by molar-refractivity contribution is -0.0785. The van der Waals surface area contributed by atoms with E-state index in [1.807, 2.05) is 0 Å². The van der Waals surface area contributed by atoms with Crippen LogP contribution < -0.4 is 5.73 Å². The summed E-state index contributed by atoms with van der Waals surface area (Å²) in [6.45, 7) is -0.117. The van der Waals surface area contributed by atoms with Crippen molar-refractivity contribution in [1.29, 1.82) is 0 Å². The van der Waals surface area contributed by atoms with Gasteiger partial charge in [-0.3, -0.25) is 4.99 Å². The zero-order valence-corrected chi connectivity index (χ0v) is 16.4. The van der Waals surface area contributed by atoms with Crippen molar-refractivity contribution in [2.45, 2.75) is 68.7 Å². The summed E-state index contributed by atoms with van der Waals surface area (Å²) < 4.78 is 5.72. The summed E-state index contributed by atoms with van der Waals surface area (Å²) in [4.78, 5) is 15.7. The van der Waals surface area contributed by atoms with Crippen LogP contribution in [0.3, 0.4) is 0 Å². The molecule has 5 fully saturated rings. The van der Waals surface area contributed by atoms with Crippen LogP contribution in [0.4, 0.5) is 0 Å². The van der Waals surface area contributed by atoms with Crippen LogP contribution in [-0.4, -0.2) is 81.6 Å². The molecule has 5 N–H and O–H groups in total. The van der Waals surface area contributed by atoms with Crippen LogP contribution in [0.2, 0.25) is 0 Å². The minimum Gasteiger partial charge on any atom is -0.394 e. The first kappa shape index (κ1) is 18.4. The average molecular weight is 403 g/mol. The number of aliphatic imine (C=N–C) groups is 3. The summed E-state index contributed by atoms with van der Waals surface area (Å²) in [5, 5.41) is 30.0. The molecule has 0 amide bonds. The highest BCUT2D eigenvalue weighted by molar-refractivity contribution is 6.47. The maximum absolute atomic E-state index is 10.5. The number of hydrogen-bond donors (Lipinski definition) is 4. The fraction of sp³-hybridized carbons (Fsp3) is 0.850. The second-order valence-corrected chi connectivity index (χ2v) is 10.0. The predicted molar refractivity (Wildman–Crippen MR) is 105 cm³/mol. The minimum absolute atomic E-state index is 0.0867. The quantitative estimate of drug-likeness (QED) is 0.499. The lowest BCUT2D eigenvalue weighted by atomic mass is 9.45. The molecule has 1 saturated heterocycles. The maximum Gasteiger partial charge on any atom is 0.162 e. The first-order chi connectivity index (χ1) is 13.9. The number of nitrogens with zero attached hydrogens (tertiary/aromatic N) is 4. The highest BCUT2D eigenvalue weighted by Gasteiger charge is 2.63. The van der Waals surface area contributed by atoms with Crippen molar-refractivity contribution >= 4 is 17.9 Å². The van der Waals surface area contributed by atoms with Crippen molar-refractivity contribution in [3.8, 4) is 0 Å². The molecule has 1 unspecified atom stereocenters. The molecule has 3 aliphatic heterocycles. The van der Waals surface area contributed by atoms with Crippen LogP contribution in [0, 0.1) is 23.2 Å². The van der Waals surface area contributed by atoms with Crippen molar-refractivity contribution in [1.82, 2.24) is 4.90 Å². The van der Waals surface area contributed by atoms with Crippen molar-refractivity contribution in [2.24, 2.45) is 43.9 Å². The van der Waals surface area contributed by atoms with E-state index >= 15 is 0 Å². The molecule has 158 valence electrons. The molecular weight excluding hydrogens is 374 g/mol. The summed E-state index contributed by atoms with van der Waals surface area (Å²) in [5.41, 5.74) is 6.78. The van der Waals surface area contributed by atoms with E-state index in [0.29, 0.717) is 11.5 Å². The first-order valence-electron chi connectivity index (χ1n) is 10.8. The van der Waals surface area contributed by atoms with Gasteiger partial charge >= 0.3 is 0 Å². The summed E-state index contributed by atoms with van der Waals surface area (Å²) in [7, 11) is 0. The van der Waals surface area contributed by atoms with Crippen LogP contribution in [0.25, 0.3) is 0 Å². The third-order valence-electron chi connectivity index (χ3n) is 8.34. The number of nitrogens with two attached hydrogens (primary N) is 1. The smallest absolute Gasteiger partial charge is 0.162 e. The third-order valence-corrected chi connectivity index (χ3v) is 8.34. The second kappa shape index (κ2) is 6.07. The number of rotatable bonds is 3. The Bertz CT molecular complexity index is 777. The SMILES string of the molecule is NC1(C23CC4CC(CC(C4)C2)C3)N=CN=C2C1=NCN2[C@@H]1O[C@H](CO)[C@@H](O)[C@H]1O. The number of fused-ring (bicyclic) bond motifs is 1. The van der Waals surface area contributed by atoms with E-state index in [2.05, 4.69) is 4.99 Å². The van der Waals surface area contributed by atoms with Gasteiger partial charge in [-0.15, -0.1) is 0 Å². The molecule has 9 nitrogen and oxygen atoms in total. The van der Waals surface area contributed by atoms with Crippen molar-refractivity contribution in [3.05, 3.63) is 0 Å². The van der Waals surface area contributed by atoms with Gasteiger partial charge < -0.3 is 30.7 Å². The van der Waals surface area contributed by atoms with Gasteiger partial charge in [-0.25, -0.2) is 9.98 Å². The molecule has 4 saturated carbocycles. The topological polar surface area (TPSA) is 136 Å². The number of aliphatic hydroxyl groups is 3. The minimum atomic E-state index is -1.16. The van der Waals surface area contributed by atoms with Gasteiger partial charge in [-0.05, 0) is 56.3 Å². The normalized spacial score (nSPS) is 52.7. The van der Waals surface area contributed by atoms with Gasteiger partial charge in [0.05, 0.1) is 6.61 Å². The van der Waals surface area contributed by atoms with Gasteiger partial charge in [0, 0.05) is 5.41 Å². The molecule has 0 aromatic heterocycles. The second-order valence-electron chi connectivity index (χ2n) is 10.0. The van der Waals surface area contributed by atoms with Gasteiger partial charge in [0.2, 0.25) is 0 Å². The summed E-state index contributed by atoms with van der Waals surface area (Å²) in [5.74, 6) is 2.78. The van der Waals surface area contributed by atoms with E-state index in [0.717, 1.165) is 37.0 Å². The van der Waals surface area contributed by atoms with E-state index < -0.39 is 30.2 Å². The van der Waals surface area contributed by atoms with E-state index in [1.54, 1.807) is 4.90 Å². The Morgan fingerprint density at radius 3 is 2.34 bits per heavy atom. The molecule has 7 aliphatic rings. The zero-order chi connectivity index (χ0) is 20.0. The van der Waals surface area contributed by atoms with Gasteiger partial charge in [-0.2, -0.15) is 0 Å². The molecule has 29 heavy (non-hydrogen) atoms. The monoisotopic (exact) mass is 403 g/mol. The van der Waals surface area contributed by atoms with Crippen LogP contribution in [-0.2, 0) is 4.74 Å². The van der Waals surface area contributed by atoms with Crippen molar-refractivity contribution in [2.75, 3.05) is 13.3 Å². The first-order valence-corrected chi connectivity index (χ1v) is 10.8. The molecule has 0 spiro atoms. The van der Waals surface area contributed by atoms with E-state index in [-0.39, 0.29) is 18.7 Å². The highest BCUT2D eigenvalue weighted by Crippen LogP contribution is 2.64. The molecule has 5 atom stereocenters. The van der Waals surface area contributed by atoms with Gasteiger partial charge in [-0.1, -0.05) is 0 Å². The molecule has 7 rings (SSSR count). The van der Waals surface area contributed by atoms with Crippen LogP contribution in [0.15, 0.2) is 15.0 Å². The Morgan fingerprint density at radius 2 is 1.76 bits per heavy atom. The standard InChI is InChI=1S/C20H29N5O4/c21-20(19-4-10-1-11(5-19)3-12(2-10)6-19)16-17(22-8-24-20)25(9-23-16)18-15(28)14(27)13(7-26)29-18/h8,10-15,18,26-28H,1-7,9,21H2/t10?,11?,12?,13-,14-,15-,18-,19?,20?/m1/s1. The average Bonchev–Trinajstić information content (AvgIpc) is 3.23. The van der Waals surface area contributed by atoms with E-state index in [4.69, 9.17) is 20.5 Å². The summed E-state index contributed by atoms with van der Waals surface area (Å²) in [6, 6.07) is 0. The van der Waals surface area contributed by atoms with Crippen LogP contribution in [0.5, 0.6) is 0 Å². The van der Waals surface area contributed by atoms with Crippen molar-refractivity contribution in [3.63, 3.8) is 0 Å². The Morgan fingerprint density at radius 1 is 1.10 bits per heavy atom. The molecule has 4 bridgehead atoms. The lowest BCUT2D eigenvalue weighted by Crippen LogP contribution is -2.68. The molecule has 4 aliphatic carbocycles. The van der Waals surface area contributed by atoms with Gasteiger partial charge in [0.25, 0.3) is 0 Å². The molecule has 3 heterocycles. The van der Waals surface area contributed by atoms with Gasteiger partial charge in [0.1, 0.15) is 37.0 Å². The Labute approximate surface area is 169 Å². The number of hydrogen-bond acceptors (Lipinski definition) is 9. The molecular formula is C20H29N5O4. The summed E-state index contributed by atoms with van der Waals surface area (Å²) >= 11 is 0. The molecule has 0 radical (unpaired) electrons. The lowest BCUT2D eigenvalue weighted by Gasteiger charge is -2.61. The number of amidine groups is 1.